The highest BCUT2D eigenvalue weighted by molar-refractivity contribution is 6.27. The molecule has 3 heterocycles. The van der Waals surface area contributed by atoms with E-state index in [9.17, 15) is 0 Å². The lowest BCUT2D eigenvalue weighted by molar-refractivity contribution is -0.659. The summed E-state index contributed by atoms with van der Waals surface area (Å²) in [6, 6.07) is 50.6. The van der Waals surface area contributed by atoms with Crippen molar-refractivity contribution in [3.8, 4) is 22.6 Å². The van der Waals surface area contributed by atoms with Crippen molar-refractivity contribution < 1.29 is 4.57 Å². The van der Waals surface area contributed by atoms with Gasteiger partial charge in [-0.3, -0.25) is 0 Å². The average Bonchev–Trinajstić information content (AvgIpc) is 3.59. The fraction of sp³-hybridized carbons (Fsp3) is 0.0488. The third kappa shape index (κ3) is 3.41. The molecule has 44 heavy (non-hydrogen) atoms. The van der Waals surface area contributed by atoms with Crippen molar-refractivity contribution in [2.75, 3.05) is 0 Å². The van der Waals surface area contributed by atoms with E-state index in [1.807, 2.05) is 0 Å². The molecule has 0 unspecified atom stereocenters. The molecular weight excluding hydrogens is 534 g/mol. The van der Waals surface area contributed by atoms with Crippen LogP contribution in [-0.4, -0.2) is 9.13 Å². The molecule has 0 aliphatic rings. The molecule has 3 aromatic heterocycles. The van der Waals surface area contributed by atoms with Crippen LogP contribution < -0.4 is 4.57 Å². The second-order valence-corrected chi connectivity index (χ2v) is 11.7. The van der Waals surface area contributed by atoms with Gasteiger partial charge in [0.1, 0.15) is 12.6 Å². The van der Waals surface area contributed by atoms with Gasteiger partial charge in [0.2, 0.25) is 5.69 Å². The molecule has 0 atom stereocenters. The van der Waals surface area contributed by atoms with Gasteiger partial charge in [0.25, 0.3) is 0 Å². The van der Waals surface area contributed by atoms with Gasteiger partial charge in [-0.2, -0.15) is 4.57 Å². The second kappa shape index (κ2) is 9.42. The van der Waals surface area contributed by atoms with Crippen LogP contribution in [0.15, 0.2) is 146 Å². The molecule has 0 saturated carbocycles. The van der Waals surface area contributed by atoms with Crippen LogP contribution in [0.25, 0.3) is 77.0 Å². The van der Waals surface area contributed by atoms with E-state index in [-0.39, 0.29) is 0 Å². The van der Waals surface area contributed by atoms with Crippen LogP contribution in [0.1, 0.15) is 5.56 Å². The number of para-hydroxylation sites is 3. The number of hydrogen-bond donors (Lipinski definition) is 0. The van der Waals surface area contributed by atoms with E-state index in [0.29, 0.717) is 0 Å². The number of fused-ring (bicyclic) bond motifs is 8. The van der Waals surface area contributed by atoms with Crippen LogP contribution in [0.5, 0.6) is 0 Å². The molecule has 0 fully saturated rings. The lowest BCUT2D eigenvalue weighted by atomic mass is 9.96. The third-order valence-electron chi connectivity index (χ3n) is 9.33. The highest BCUT2D eigenvalue weighted by atomic mass is 15.0. The zero-order chi connectivity index (χ0) is 29.4. The number of rotatable bonds is 3. The minimum atomic E-state index is 1.16. The quantitative estimate of drug-likeness (QED) is 0.190. The van der Waals surface area contributed by atoms with E-state index in [2.05, 4.69) is 173 Å². The maximum absolute atomic E-state index is 2.51. The van der Waals surface area contributed by atoms with E-state index >= 15 is 0 Å². The molecular formula is C41H30N3+. The monoisotopic (exact) mass is 564 g/mol. The summed E-state index contributed by atoms with van der Waals surface area (Å²) in [5.74, 6) is 0. The van der Waals surface area contributed by atoms with E-state index < -0.39 is 0 Å². The lowest BCUT2D eigenvalue weighted by Crippen LogP contribution is -2.31. The molecule has 0 saturated heterocycles. The van der Waals surface area contributed by atoms with E-state index in [1.54, 1.807) is 0 Å². The molecule has 0 aliphatic carbocycles. The molecule has 9 aromatic rings. The van der Waals surface area contributed by atoms with Crippen molar-refractivity contribution in [3.63, 3.8) is 0 Å². The average molecular weight is 565 g/mol. The Morgan fingerprint density at radius 1 is 0.477 bits per heavy atom. The fourth-order valence-electron chi connectivity index (χ4n) is 7.37. The van der Waals surface area contributed by atoms with Crippen LogP contribution >= 0.6 is 0 Å². The fourth-order valence-corrected chi connectivity index (χ4v) is 7.37. The highest BCUT2D eigenvalue weighted by Gasteiger charge is 2.27. The molecule has 208 valence electrons. The molecule has 3 nitrogen and oxygen atoms in total. The van der Waals surface area contributed by atoms with Gasteiger partial charge in [-0.15, -0.1) is 0 Å². The van der Waals surface area contributed by atoms with Crippen molar-refractivity contribution in [1.29, 1.82) is 0 Å². The largest absolute Gasteiger partial charge is 0.309 e. The Morgan fingerprint density at radius 2 is 1.11 bits per heavy atom. The van der Waals surface area contributed by atoms with Crippen molar-refractivity contribution in [2.45, 2.75) is 6.92 Å². The van der Waals surface area contributed by atoms with Gasteiger partial charge >= 0.3 is 0 Å². The predicted octanol–water partition coefficient (Wildman–Crippen LogP) is 9.83. The van der Waals surface area contributed by atoms with Crippen LogP contribution in [0.4, 0.5) is 0 Å². The number of hydrogen-bond acceptors (Lipinski definition) is 0. The number of aryl methyl sites for hydroxylation is 2. The summed E-state index contributed by atoms with van der Waals surface area (Å²) in [4.78, 5) is 0. The van der Waals surface area contributed by atoms with Crippen molar-refractivity contribution in [2.24, 2.45) is 7.05 Å². The smallest absolute Gasteiger partial charge is 0.237 e. The number of nitrogens with zero attached hydrogens (tertiary/aromatic N) is 3. The summed E-state index contributed by atoms with van der Waals surface area (Å²) in [5.41, 5.74) is 11.0. The Morgan fingerprint density at radius 3 is 1.89 bits per heavy atom. The lowest BCUT2D eigenvalue weighted by Gasteiger charge is -2.13. The first-order valence-electron chi connectivity index (χ1n) is 15.2. The van der Waals surface area contributed by atoms with E-state index in [0.717, 1.165) is 5.69 Å². The maximum Gasteiger partial charge on any atom is 0.237 e. The van der Waals surface area contributed by atoms with Gasteiger partial charge < -0.3 is 9.13 Å². The maximum atomic E-state index is 2.51. The molecule has 0 N–H and O–H groups in total. The Labute approximate surface area is 255 Å². The number of benzene rings is 6. The highest BCUT2D eigenvalue weighted by Crippen LogP contribution is 2.44. The van der Waals surface area contributed by atoms with Gasteiger partial charge in [-0.25, -0.2) is 0 Å². The third-order valence-corrected chi connectivity index (χ3v) is 9.33. The van der Waals surface area contributed by atoms with Crippen molar-refractivity contribution in [1.82, 2.24) is 9.13 Å². The Bertz CT molecular complexity index is 2550. The summed E-state index contributed by atoms with van der Waals surface area (Å²) < 4.78 is 7.21. The first kappa shape index (κ1) is 24.9. The summed E-state index contributed by atoms with van der Waals surface area (Å²) in [6.07, 6.45) is 2.22. The molecule has 9 rings (SSSR count). The standard InChI is InChI=1S/C41H30N3/c1-27-31-18-10-9-13-28(31)21-22-32(27)40-41-34(25-26-42(40)2)33-23-24-37-38(39(33)44(41)30-16-7-4-8-17-30)35-19-11-12-20-36(35)43(37)29-14-5-3-6-15-29/h3-26H,1-2H3/q+1. The summed E-state index contributed by atoms with van der Waals surface area (Å²) in [5, 5.41) is 7.59. The van der Waals surface area contributed by atoms with E-state index in [1.165, 1.54) is 76.9 Å². The number of aromatic nitrogens is 3. The van der Waals surface area contributed by atoms with Crippen LogP contribution in [0.2, 0.25) is 0 Å². The Balaban J connectivity index is 1.52. The molecule has 0 aliphatic heterocycles. The summed E-state index contributed by atoms with van der Waals surface area (Å²) >= 11 is 0. The minimum Gasteiger partial charge on any atom is -0.309 e. The van der Waals surface area contributed by atoms with Gasteiger partial charge in [0, 0.05) is 39.0 Å². The second-order valence-electron chi connectivity index (χ2n) is 11.7. The first-order chi connectivity index (χ1) is 21.7. The molecule has 0 radical (unpaired) electrons. The van der Waals surface area contributed by atoms with Gasteiger partial charge in [-0.1, -0.05) is 91.0 Å². The summed E-state index contributed by atoms with van der Waals surface area (Å²) in [7, 11) is 2.17. The van der Waals surface area contributed by atoms with Gasteiger partial charge in [-0.05, 0) is 65.7 Å². The van der Waals surface area contributed by atoms with Gasteiger partial charge in [0.15, 0.2) is 6.20 Å². The van der Waals surface area contributed by atoms with Crippen LogP contribution in [0, 0.1) is 6.92 Å². The molecule has 6 aromatic carbocycles. The van der Waals surface area contributed by atoms with Crippen molar-refractivity contribution >= 4 is 54.4 Å². The topological polar surface area (TPSA) is 13.7 Å². The molecule has 3 heteroatoms. The Kier molecular flexibility index (Phi) is 5.33. The molecule has 0 amide bonds. The van der Waals surface area contributed by atoms with Crippen molar-refractivity contribution in [3.05, 3.63) is 151 Å². The van der Waals surface area contributed by atoms with E-state index in [4.69, 9.17) is 0 Å². The molecule has 0 bridgehead atoms. The SMILES string of the molecule is Cc1c(-c2c3c(cc[n+]2C)c2ccc4c(c5ccccc5n4-c4ccccc4)c2n3-c2ccccc2)ccc2ccccc12. The Hall–Kier alpha value is -5.67. The van der Waals surface area contributed by atoms with Crippen LogP contribution in [-0.2, 0) is 7.05 Å². The zero-order valence-corrected chi connectivity index (χ0v) is 24.7. The van der Waals surface area contributed by atoms with Crippen LogP contribution in [0.3, 0.4) is 0 Å². The number of pyridine rings is 1. The minimum absolute atomic E-state index is 1.16. The zero-order valence-electron chi connectivity index (χ0n) is 24.7. The normalized spacial score (nSPS) is 11.9. The summed E-state index contributed by atoms with van der Waals surface area (Å²) in [6.45, 7) is 2.26. The predicted molar refractivity (Wildman–Crippen MR) is 184 cm³/mol. The molecule has 0 spiro atoms. The first-order valence-corrected chi connectivity index (χ1v) is 15.2. The van der Waals surface area contributed by atoms with Gasteiger partial charge in [0.05, 0.1) is 22.1 Å².